The van der Waals surface area contributed by atoms with Crippen molar-refractivity contribution in [3.8, 4) is 5.75 Å². The van der Waals surface area contributed by atoms with E-state index < -0.39 is 22.9 Å². The van der Waals surface area contributed by atoms with E-state index in [1.165, 1.54) is 36.0 Å². The fraction of sp³-hybridized carbons (Fsp3) is 0.0465. The van der Waals surface area contributed by atoms with Gasteiger partial charge in [-0.2, -0.15) is 0 Å². The van der Waals surface area contributed by atoms with Gasteiger partial charge >= 0.3 is 0 Å². The zero-order chi connectivity index (χ0) is 36.1. The molecule has 0 heterocycles. The number of carbonyl (C=O) groups is 3. The molecule has 6 aromatic carbocycles. The van der Waals surface area contributed by atoms with Crippen molar-refractivity contribution in [3.05, 3.63) is 198 Å². The van der Waals surface area contributed by atoms with Crippen LogP contribution in [0.5, 0.6) is 5.75 Å². The van der Waals surface area contributed by atoms with Crippen LogP contribution in [0.3, 0.4) is 0 Å². The molecule has 0 saturated carbocycles. The molecule has 3 amide bonds. The topological polar surface area (TPSA) is 96.5 Å². The number of ether oxygens (including phenoxy) is 1. The van der Waals surface area contributed by atoms with Gasteiger partial charge in [-0.15, -0.1) is 11.8 Å². The molecular weight excluding hydrogens is 674 g/mol. The Morgan fingerprint density at radius 2 is 1.33 bits per heavy atom. The highest BCUT2D eigenvalue weighted by atomic mass is 32.2. The lowest BCUT2D eigenvalue weighted by Gasteiger charge is -2.18. The molecule has 0 bridgehead atoms. The standard InChI is InChI=1S/C43H34FN3O4S/c44-34-21-23-35(24-22-34)45-43(50)40(32-13-6-2-7-14-32)52-38-18-10-17-36(28-38)46-42(49)39(47-41(48)33-15-8-3-9-16-33)27-30-19-25-37(26-20-30)51-29-31-11-4-1-5-12-31/h1-28,40H,29H2,(H,45,50)(H,46,49)(H,47,48)/b39-27-. The average molecular weight is 708 g/mol. The molecule has 9 heteroatoms. The van der Waals surface area contributed by atoms with Crippen LogP contribution in [-0.2, 0) is 16.2 Å². The fourth-order valence-corrected chi connectivity index (χ4v) is 6.22. The number of benzene rings is 6. The molecule has 0 aromatic heterocycles. The second-order valence-electron chi connectivity index (χ2n) is 11.6. The van der Waals surface area contributed by atoms with E-state index in [0.29, 0.717) is 39.8 Å². The summed E-state index contributed by atoms with van der Waals surface area (Å²) in [6.45, 7) is 0.416. The summed E-state index contributed by atoms with van der Waals surface area (Å²) in [5.41, 5.74) is 3.85. The predicted octanol–water partition coefficient (Wildman–Crippen LogP) is 9.29. The van der Waals surface area contributed by atoms with E-state index in [0.717, 1.165) is 11.1 Å². The van der Waals surface area contributed by atoms with Crippen molar-refractivity contribution in [2.45, 2.75) is 16.8 Å². The van der Waals surface area contributed by atoms with Crippen molar-refractivity contribution >= 4 is 46.9 Å². The maximum Gasteiger partial charge on any atom is 0.272 e. The molecule has 0 saturated heterocycles. The molecule has 3 N–H and O–H groups in total. The van der Waals surface area contributed by atoms with E-state index in [4.69, 9.17) is 4.74 Å². The third-order valence-electron chi connectivity index (χ3n) is 7.77. The van der Waals surface area contributed by atoms with Crippen LogP contribution >= 0.6 is 11.8 Å². The van der Waals surface area contributed by atoms with Gasteiger partial charge in [0, 0.05) is 21.8 Å². The van der Waals surface area contributed by atoms with Crippen molar-refractivity contribution in [2.24, 2.45) is 0 Å². The maximum absolute atomic E-state index is 13.8. The molecule has 0 aliphatic heterocycles. The van der Waals surface area contributed by atoms with Gasteiger partial charge in [0.15, 0.2) is 0 Å². The Balaban J connectivity index is 1.20. The van der Waals surface area contributed by atoms with Crippen LogP contribution in [-0.4, -0.2) is 17.7 Å². The van der Waals surface area contributed by atoms with Gasteiger partial charge in [0.1, 0.15) is 29.1 Å². The predicted molar refractivity (Wildman–Crippen MR) is 204 cm³/mol. The first-order valence-corrected chi connectivity index (χ1v) is 17.3. The first-order chi connectivity index (χ1) is 25.4. The zero-order valence-corrected chi connectivity index (χ0v) is 28.7. The summed E-state index contributed by atoms with van der Waals surface area (Å²) in [5.74, 6) is -1.00. The van der Waals surface area contributed by atoms with Gasteiger partial charge in [0.25, 0.3) is 11.8 Å². The van der Waals surface area contributed by atoms with E-state index in [1.807, 2.05) is 66.7 Å². The summed E-state index contributed by atoms with van der Waals surface area (Å²) in [6, 6.07) is 47.7. The lowest BCUT2D eigenvalue weighted by atomic mass is 10.1. The van der Waals surface area contributed by atoms with Crippen LogP contribution in [0, 0.1) is 5.82 Å². The number of hydrogen-bond acceptors (Lipinski definition) is 5. The highest BCUT2D eigenvalue weighted by Crippen LogP contribution is 2.37. The third kappa shape index (κ3) is 10.1. The van der Waals surface area contributed by atoms with Crippen LogP contribution < -0.4 is 20.7 Å². The van der Waals surface area contributed by atoms with Gasteiger partial charge in [-0.05, 0) is 89.5 Å². The Morgan fingerprint density at radius 1 is 0.673 bits per heavy atom. The van der Waals surface area contributed by atoms with Crippen LogP contribution in [0.2, 0.25) is 0 Å². The first kappa shape index (κ1) is 35.4. The minimum atomic E-state index is -0.655. The zero-order valence-electron chi connectivity index (χ0n) is 27.9. The summed E-state index contributed by atoms with van der Waals surface area (Å²) < 4.78 is 19.4. The van der Waals surface area contributed by atoms with Crippen molar-refractivity contribution in [1.29, 1.82) is 0 Å². The fourth-order valence-electron chi connectivity index (χ4n) is 5.13. The van der Waals surface area contributed by atoms with Gasteiger partial charge in [-0.3, -0.25) is 14.4 Å². The number of anilines is 2. The Kier molecular flexibility index (Phi) is 11.9. The van der Waals surface area contributed by atoms with Gasteiger partial charge in [-0.25, -0.2) is 4.39 Å². The van der Waals surface area contributed by atoms with E-state index in [-0.39, 0.29) is 11.6 Å². The second-order valence-corrected chi connectivity index (χ2v) is 12.8. The Bertz CT molecular complexity index is 2150. The number of amides is 3. The molecular formula is C43H34FN3O4S. The number of halogens is 1. The van der Waals surface area contributed by atoms with Crippen molar-refractivity contribution in [1.82, 2.24) is 5.32 Å². The molecule has 0 fully saturated rings. The van der Waals surface area contributed by atoms with Gasteiger partial charge in [0.2, 0.25) is 5.91 Å². The highest BCUT2D eigenvalue weighted by molar-refractivity contribution is 8.00. The van der Waals surface area contributed by atoms with Crippen molar-refractivity contribution in [3.63, 3.8) is 0 Å². The largest absolute Gasteiger partial charge is 0.489 e. The normalized spacial score (nSPS) is 11.6. The monoisotopic (exact) mass is 707 g/mol. The molecule has 52 heavy (non-hydrogen) atoms. The van der Waals surface area contributed by atoms with Crippen LogP contribution in [0.1, 0.15) is 32.3 Å². The SMILES string of the molecule is O=C(Nc1cccc(SC(C(=O)Nc2ccc(F)cc2)c2ccccc2)c1)/C(=C/c1ccc(OCc2ccccc2)cc1)NC(=O)c1ccccc1. The van der Waals surface area contributed by atoms with E-state index >= 15 is 0 Å². The van der Waals surface area contributed by atoms with Gasteiger partial charge < -0.3 is 20.7 Å². The number of rotatable bonds is 13. The van der Waals surface area contributed by atoms with E-state index in [1.54, 1.807) is 78.9 Å². The molecule has 258 valence electrons. The number of hydrogen-bond donors (Lipinski definition) is 3. The lowest BCUT2D eigenvalue weighted by Crippen LogP contribution is -2.30. The average Bonchev–Trinajstić information content (AvgIpc) is 3.18. The summed E-state index contributed by atoms with van der Waals surface area (Å²) in [6.07, 6.45) is 1.60. The van der Waals surface area contributed by atoms with Crippen LogP contribution in [0.25, 0.3) is 6.08 Å². The summed E-state index contributed by atoms with van der Waals surface area (Å²) in [4.78, 5) is 41.2. The van der Waals surface area contributed by atoms with Gasteiger partial charge in [-0.1, -0.05) is 97.1 Å². The second kappa shape index (κ2) is 17.5. The minimum Gasteiger partial charge on any atom is -0.489 e. The van der Waals surface area contributed by atoms with Crippen LogP contribution in [0.4, 0.5) is 15.8 Å². The molecule has 0 spiro atoms. The van der Waals surface area contributed by atoms with Crippen molar-refractivity contribution < 1.29 is 23.5 Å². The van der Waals surface area contributed by atoms with E-state index in [9.17, 15) is 18.8 Å². The molecule has 0 radical (unpaired) electrons. The third-order valence-corrected chi connectivity index (χ3v) is 9.01. The summed E-state index contributed by atoms with van der Waals surface area (Å²) in [5, 5.41) is 7.89. The molecule has 1 unspecified atom stereocenters. The van der Waals surface area contributed by atoms with Crippen LogP contribution in [0.15, 0.2) is 174 Å². The summed E-state index contributed by atoms with van der Waals surface area (Å²) >= 11 is 1.30. The smallest absolute Gasteiger partial charge is 0.272 e. The maximum atomic E-state index is 13.8. The summed E-state index contributed by atoms with van der Waals surface area (Å²) in [7, 11) is 0. The first-order valence-electron chi connectivity index (χ1n) is 16.4. The van der Waals surface area contributed by atoms with E-state index in [2.05, 4.69) is 16.0 Å². The molecule has 6 rings (SSSR count). The molecule has 7 nitrogen and oxygen atoms in total. The number of carbonyl (C=O) groups excluding carboxylic acids is 3. The quantitative estimate of drug-likeness (QED) is 0.0822. The molecule has 0 aliphatic carbocycles. The molecule has 1 atom stereocenters. The van der Waals surface area contributed by atoms with Crippen molar-refractivity contribution in [2.75, 3.05) is 10.6 Å². The molecule has 0 aliphatic rings. The highest BCUT2D eigenvalue weighted by Gasteiger charge is 2.23. The Morgan fingerprint density at radius 3 is 2.02 bits per heavy atom. The minimum absolute atomic E-state index is 0.0331. The number of nitrogens with one attached hydrogen (secondary N) is 3. The lowest BCUT2D eigenvalue weighted by molar-refractivity contribution is -0.116. The van der Waals surface area contributed by atoms with Gasteiger partial charge in [0.05, 0.1) is 0 Å². The Hall–Kier alpha value is -6.45. The Labute approximate surface area is 305 Å². The molecule has 6 aromatic rings. The number of thioether (sulfide) groups is 1.